The summed E-state index contributed by atoms with van der Waals surface area (Å²) in [6, 6.07) is 3.79. The van der Waals surface area contributed by atoms with Gasteiger partial charge in [0.2, 0.25) is 0 Å². The average Bonchev–Trinajstić information content (AvgIpc) is 2.94. The van der Waals surface area contributed by atoms with Gasteiger partial charge in [0.05, 0.1) is 13.2 Å². The molecule has 0 amide bonds. The molecule has 0 aromatic heterocycles. The van der Waals surface area contributed by atoms with Gasteiger partial charge in [-0.15, -0.1) is 0 Å². The van der Waals surface area contributed by atoms with Gasteiger partial charge in [-0.1, -0.05) is 6.08 Å². The zero-order chi connectivity index (χ0) is 15.2. The summed E-state index contributed by atoms with van der Waals surface area (Å²) >= 11 is 0. The molecule has 0 radical (unpaired) electrons. The van der Waals surface area contributed by atoms with Gasteiger partial charge in [0.25, 0.3) is 0 Å². The highest BCUT2D eigenvalue weighted by atomic mass is 19.1. The fraction of sp³-hybridized carbons (Fsp3) is 0.556. The zero-order valence-corrected chi connectivity index (χ0v) is 12.5. The van der Waals surface area contributed by atoms with Crippen LogP contribution in [0.4, 0.5) is 8.78 Å². The van der Waals surface area contributed by atoms with E-state index in [9.17, 15) is 8.78 Å². The lowest BCUT2D eigenvalue weighted by Gasteiger charge is -2.42. The van der Waals surface area contributed by atoms with Crippen LogP contribution >= 0.6 is 0 Å². The fourth-order valence-electron chi connectivity index (χ4n) is 4.23. The number of hydrogen-bond donors (Lipinski definition) is 0. The van der Waals surface area contributed by atoms with Crippen LogP contribution in [0.2, 0.25) is 0 Å². The number of rotatable bonds is 1. The van der Waals surface area contributed by atoms with Crippen LogP contribution in [-0.4, -0.2) is 19.0 Å². The maximum absolute atomic E-state index is 13.4. The Morgan fingerprint density at radius 1 is 1.00 bits per heavy atom. The molecule has 1 aliphatic heterocycles. The minimum absolute atomic E-state index is 0.350. The molecule has 3 aliphatic rings. The first kappa shape index (κ1) is 14.3. The van der Waals surface area contributed by atoms with Crippen LogP contribution in [0.25, 0.3) is 5.57 Å². The Hall–Kier alpha value is -1.26. The Bertz CT molecular complexity index is 585. The fourth-order valence-corrected chi connectivity index (χ4v) is 4.23. The second-order valence-corrected chi connectivity index (χ2v) is 6.66. The maximum atomic E-state index is 13.4. The zero-order valence-electron chi connectivity index (χ0n) is 12.5. The predicted octanol–water partition coefficient (Wildman–Crippen LogP) is 4.30. The monoisotopic (exact) mass is 306 g/mol. The highest BCUT2D eigenvalue weighted by Gasteiger charge is 2.45. The Morgan fingerprint density at radius 3 is 2.45 bits per heavy atom. The topological polar surface area (TPSA) is 18.5 Å². The summed E-state index contributed by atoms with van der Waals surface area (Å²) in [5, 5.41) is 0. The molecular formula is C18H20F2O2. The van der Waals surface area contributed by atoms with E-state index in [1.165, 1.54) is 12.1 Å². The van der Waals surface area contributed by atoms with Crippen LogP contribution in [-0.2, 0) is 9.47 Å². The lowest BCUT2D eigenvalue weighted by atomic mass is 9.69. The summed E-state index contributed by atoms with van der Waals surface area (Å²) in [6.45, 7) is 1.39. The Balaban J connectivity index is 1.55. The highest BCUT2D eigenvalue weighted by Crippen LogP contribution is 2.47. The van der Waals surface area contributed by atoms with Crippen molar-refractivity contribution in [3.63, 3.8) is 0 Å². The standard InChI is InChI=1S/C18H20F2O2/c19-16-8-15(9-17(20)10-16)12-1-2-14-11-18(21-5-6-22-18)4-3-13(14)7-12/h7-10,13-14H,1-6,11H2/t13-,14+/m1/s1. The van der Waals surface area contributed by atoms with Gasteiger partial charge in [-0.3, -0.25) is 0 Å². The van der Waals surface area contributed by atoms with Crippen molar-refractivity contribution < 1.29 is 18.3 Å². The second-order valence-electron chi connectivity index (χ2n) is 6.66. The van der Waals surface area contributed by atoms with Crippen LogP contribution in [0.15, 0.2) is 24.3 Å². The molecule has 22 heavy (non-hydrogen) atoms. The summed E-state index contributed by atoms with van der Waals surface area (Å²) in [4.78, 5) is 0. The molecule has 2 aliphatic carbocycles. The predicted molar refractivity (Wildman–Crippen MR) is 79.0 cm³/mol. The third-order valence-electron chi connectivity index (χ3n) is 5.28. The van der Waals surface area contributed by atoms with Gasteiger partial charge >= 0.3 is 0 Å². The van der Waals surface area contributed by atoms with Crippen molar-refractivity contribution in [2.24, 2.45) is 11.8 Å². The lowest BCUT2D eigenvalue weighted by molar-refractivity contribution is -0.192. The van der Waals surface area contributed by atoms with Crippen molar-refractivity contribution in [3.05, 3.63) is 41.5 Å². The summed E-state index contributed by atoms with van der Waals surface area (Å²) in [5.74, 6) is -0.346. The summed E-state index contributed by atoms with van der Waals surface area (Å²) in [6.07, 6.45) is 6.99. The Morgan fingerprint density at radius 2 is 1.73 bits per heavy atom. The Labute approximate surface area is 129 Å². The molecule has 1 heterocycles. The quantitative estimate of drug-likeness (QED) is 0.770. The SMILES string of the molecule is Fc1cc(F)cc(C2=C[C@H]3CCC4(C[C@@H]3CC2)OCCO4)c1. The van der Waals surface area contributed by atoms with Crippen LogP contribution < -0.4 is 0 Å². The van der Waals surface area contributed by atoms with Gasteiger partial charge in [-0.05, 0) is 54.4 Å². The molecule has 4 rings (SSSR count). The minimum Gasteiger partial charge on any atom is -0.348 e. The molecule has 4 heteroatoms. The van der Waals surface area contributed by atoms with E-state index in [0.29, 0.717) is 30.6 Å². The summed E-state index contributed by atoms with van der Waals surface area (Å²) in [7, 11) is 0. The normalized spacial score (nSPS) is 30.2. The average molecular weight is 306 g/mol. The number of benzene rings is 1. The number of hydrogen-bond acceptors (Lipinski definition) is 2. The molecule has 1 spiro atoms. The highest BCUT2D eigenvalue weighted by molar-refractivity contribution is 5.66. The molecule has 1 saturated heterocycles. The molecular weight excluding hydrogens is 286 g/mol. The van der Waals surface area contributed by atoms with Gasteiger partial charge in [-0.2, -0.15) is 0 Å². The van der Waals surface area contributed by atoms with E-state index < -0.39 is 11.6 Å². The van der Waals surface area contributed by atoms with Gasteiger partial charge in [-0.25, -0.2) is 8.78 Å². The number of halogens is 2. The lowest BCUT2D eigenvalue weighted by Crippen LogP contribution is -2.40. The number of fused-ring (bicyclic) bond motifs is 1. The molecule has 0 unspecified atom stereocenters. The summed E-state index contributed by atoms with van der Waals surface area (Å²) in [5.41, 5.74) is 1.76. The van der Waals surface area contributed by atoms with Crippen LogP contribution in [0, 0.1) is 23.5 Å². The molecule has 1 aromatic rings. The smallest absolute Gasteiger partial charge is 0.168 e. The molecule has 2 fully saturated rings. The van der Waals surface area contributed by atoms with E-state index in [1.54, 1.807) is 0 Å². The van der Waals surface area contributed by atoms with E-state index >= 15 is 0 Å². The second kappa shape index (κ2) is 5.43. The van der Waals surface area contributed by atoms with Gasteiger partial charge in [0.1, 0.15) is 11.6 Å². The third kappa shape index (κ3) is 2.59. The van der Waals surface area contributed by atoms with Crippen molar-refractivity contribution in [2.75, 3.05) is 13.2 Å². The molecule has 1 saturated carbocycles. The van der Waals surface area contributed by atoms with Crippen molar-refractivity contribution in [1.29, 1.82) is 0 Å². The van der Waals surface area contributed by atoms with Crippen molar-refractivity contribution in [3.8, 4) is 0 Å². The van der Waals surface area contributed by atoms with Crippen molar-refractivity contribution >= 4 is 5.57 Å². The van der Waals surface area contributed by atoms with E-state index in [4.69, 9.17) is 9.47 Å². The van der Waals surface area contributed by atoms with Crippen LogP contribution in [0.5, 0.6) is 0 Å². The molecule has 2 nitrogen and oxygen atoms in total. The first-order valence-electron chi connectivity index (χ1n) is 8.09. The van der Waals surface area contributed by atoms with Crippen LogP contribution in [0.3, 0.4) is 0 Å². The van der Waals surface area contributed by atoms with Crippen molar-refractivity contribution in [2.45, 2.75) is 37.9 Å². The van der Waals surface area contributed by atoms with Crippen molar-refractivity contribution in [1.82, 2.24) is 0 Å². The van der Waals surface area contributed by atoms with Gasteiger partial charge < -0.3 is 9.47 Å². The number of ether oxygens (including phenoxy) is 2. The number of allylic oxidation sites excluding steroid dienone is 2. The first-order chi connectivity index (χ1) is 10.6. The molecule has 1 aromatic carbocycles. The van der Waals surface area contributed by atoms with E-state index in [2.05, 4.69) is 6.08 Å². The molecule has 118 valence electrons. The Kier molecular flexibility index (Phi) is 3.54. The largest absolute Gasteiger partial charge is 0.348 e. The van der Waals surface area contributed by atoms with Gasteiger partial charge in [0.15, 0.2) is 5.79 Å². The van der Waals surface area contributed by atoms with E-state index in [1.807, 2.05) is 0 Å². The summed E-state index contributed by atoms with van der Waals surface area (Å²) < 4.78 is 38.5. The maximum Gasteiger partial charge on any atom is 0.168 e. The molecule has 2 atom stereocenters. The molecule has 0 N–H and O–H groups in total. The van der Waals surface area contributed by atoms with E-state index in [-0.39, 0.29) is 5.79 Å². The van der Waals surface area contributed by atoms with Crippen LogP contribution in [0.1, 0.15) is 37.7 Å². The first-order valence-corrected chi connectivity index (χ1v) is 8.09. The van der Waals surface area contributed by atoms with E-state index in [0.717, 1.165) is 43.7 Å². The molecule has 0 bridgehead atoms. The third-order valence-corrected chi connectivity index (χ3v) is 5.28. The minimum atomic E-state index is -0.506. The van der Waals surface area contributed by atoms with Gasteiger partial charge in [0, 0.05) is 18.9 Å².